The second-order valence-electron chi connectivity index (χ2n) is 3.25. The minimum absolute atomic E-state index is 0.824. The number of halogens is 1. The number of hydrogen-bond acceptors (Lipinski definition) is 3. The van der Waals surface area contributed by atoms with Crippen molar-refractivity contribution in [2.45, 2.75) is 0 Å². The van der Waals surface area contributed by atoms with E-state index in [-0.39, 0.29) is 0 Å². The second kappa shape index (κ2) is 5.25. The summed E-state index contributed by atoms with van der Waals surface area (Å²) in [4.78, 5) is 15.5. The Morgan fingerprint density at radius 1 is 1.35 bits per heavy atom. The van der Waals surface area contributed by atoms with E-state index in [0.717, 1.165) is 26.0 Å². The van der Waals surface area contributed by atoms with Crippen LogP contribution >= 0.6 is 27.3 Å². The van der Waals surface area contributed by atoms with Crippen molar-refractivity contribution in [3.63, 3.8) is 0 Å². The van der Waals surface area contributed by atoms with Crippen LogP contribution in [0.4, 0.5) is 0 Å². The molecule has 3 nitrogen and oxygen atoms in total. The summed E-state index contributed by atoms with van der Waals surface area (Å²) in [5.41, 5.74) is 1.02. The first kappa shape index (κ1) is 12.0. The highest BCUT2D eigenvalue weighted by Crippen LogP contribution is 2.26. The van der Waals surface area contributed by atoms with Gasteiger partial charge in [0.1, 0.15) is 5.01 Å². The van der Waals surface area contributed by atoms with Gasteiger partial charge >= 0.3 is 5.97 Å². The van der Waals surface area contributed by atoms with Gasteiger partial charge in [0.05, 0.1) is 0 Å². The lowest BCUT2D eigenvalue weighted by atomic mass is 10.2. The van der Waals surface area contributed by atoms with Crippen molar-refractivity contribution in [3.8, 4) is 10.6 Å². The Kier molecular flexibility index (Phi) is 3.71. The van der Waals surface area contributed by atoms with Crippen molar-refractivity contribution in [2.24, 2.45) is 0 Å². The van der Waals surface area contributed by atoms with Crippen LogP contribution in [0.1, 0.15) is 4.88 Å². The molecule has 1 aromatic heterocycles. The lowest BCUT2D eigenvalue weighted by molar-refractivity contribution is -0.131. The van der Waals surface area contributed by atoms with Gasteiger partial charge in [0.25, 0.3) is 0 Å². The van der Waals surface area contributed by atoms with E-state index in [1.54, 1.807) is 12.3 Å². The van der Waals surface area contributed by atoms with Gasteiger partial charge in [-0.2, -0.15) is 0 Å². The summed E-state index contributed by atoms with van der Waals surface area (Å²) in [6, 6.07) is 7.83. The van der Waals surface area contributed by atoms with Crippen molar-refractivity contribution in [1.82, 2.24) is 4.98 Å². The molecule has 0 aliphatic rings. The van der Waals surface area contributed by atoms with Gasteiger partial charge in [0.2, 0.25) is 0 Å². The Bertz CT molecular complexity index is 560. The van der Waals surface area contributed by atoms with Crippen molar-refractivity contribution >= 4 is 39.3 Å². The third-order valence-corrected chi connectivity index (χ3v) is 3.55. The topological polar surface area (TPSA) is 50.2 Å². The summed E-state index contributed by atoms with van der Waals surface area (Å²) in [5, 5.41) is 9.40. The maximum atomic E-state index is 10.4. The largest absolute Gasteiger partial charge is 0.478 e. The van der Waals surface area contributed by atoms with Crippen LogP contribution in [0.15, 0.2) is 41.0 Å². The molecule has 1 aromatic carbocycles. The molecule has 0 bridgehead atoms. The fourth-order valence-corrected chi connectivity index (χ4v) is 2.33. The Labute approximate surface area is 111 Å². The Hall–Kier alpha value is -1.46. The fourth-order valence-electron chi connectivity index (χ4n) is 1.24. The van der Waals surface area contributed by atoms with Crippen molar-refractivity contribution in [2.75, 3.05) is 0 Å². The van der Waals surface area contributed by atoms with Crippen molar-refractivity contribution < 1.29 is 9.90 Å². The number of carboxylic acids is 1. The SMILES string of the molecule is O=C(O)/C=C/c1cnc(-c2ccc(Br)cc2)s1. The average Bonchev–Trinajstić information content (AvgIpc) is 2.76. The molecule has 2 aromatic rings. The number of rotatable bonds is 3. The lowest BCUT2D eigenvalue weighted by Gasteiger charge is -1.95. The number of thiazole rings is 1. The molecule has 0 unspecified atom stereocenters. The number of carboxylic acid groups (broad SMARTS) is 1. The van der Waals surface area contributed by atoms with Gasteiger partial charge in [-0.15, -0.1) is 11.3 Å². The monoisotopic (exact) mass is 309 g/mol. The van der Waals surface area contributed by atoms with Crippen LogP contribution in [0.25, 0.3) is 16.6 Å². The van der Waals surface area contributed by atoms with Gasteiger partial charge in [-0.1, -0.05) is 28.1 Å². The number of benzene rings is 1. The van der Waals surface area contributed by atoms with E-state index in [0.29, 0.717) is 0 Å². The zero-order valence-electron chi connectivity index (χ0n) is 8.63. The number of aromatic nitrogens is 1. The van der Waals surface area contributed by atoms with Gasteiger partial charge in [-0.3, -0.25) is 0 Å². The number of nitrogens with zero attached hydrogens (tertiary/aromatic N) is 1. The van der Waals surface area contributed by atoms with E-state index in [4.69, 9.17) is 5.11 Å². The predicted octanol–water partition coefficient (Wildman–Crippen LogP) is 3.67. The predicted molar refractivity (Wildman–Crippen MR) is 71.9 cm³/mol. The van der Waals surface area contributed by atoms with E-state index >= 15 is 0 Å². The smallest absolute Gasteiger partial charge is 0.328 e. The molecule has 0 atom stereocenters. The standard InChI is InChI=1S/C12H8BrNO2S/c13-9-3-1-8(2-4-9)12-14-7-10(17-12)5-6-11(15)16/h1-7H,(H,15,16)/b6-5+. The molecule has 1 N–H and O–H groups in total. The quantitative estimate of drug-likeness (QED) is 0.880. The molecule has 86 valence electrons. The molecule has 0 aliphatic heterocycles. The highest BCUT2D eigenvalue weighted by atomic mass is 79.9. The maximum Gasteiger partial charge on any atom is 0.328 e. The minimum atomic E-state index is -0.955. The average molecular weight is 310 g/mol. The van der Waals surface area contributed by atoms with Crippen LogP contribution in [0, 0.1) is 0 Å². The summed E-state index contributed by atoms with van der Waals surface area (Å²) in [6.45, 7) is 0. The first-order valence-electron chi connectivity index (χ1n) is 4.78. The molecule has 0 radical (unpaired) electrons. The van der Waals surface area contributed by atoms with Crippen LogP contribution in [-0.2, 0) is 4.79 Å². The summed E-state index contributed by atoms with van der Waals surface area (Å²) < 4.78 is 1.02. The third-order valence-electron chi connectivity index (χ3n) is 2.00. The van der Waals surface area contributed by atoms with Gasteiger partial charge < -0.3 is 5.11 Å². The summed E-state index contributed by atoms with van der Waals surface area (Å²) in [7, 11) is 0. The van der Waals surface area contributed by atoms with Crippen LogP contribution in [0.3, 0.4) is 0 Å². The zero-order chi connectivity index (χ0) is 12.3. The van der Waals surface area contributed by atoms with E-state index in [2.05, 4.69) is 20.9 Å². The molecule has 0 fully saturated rings. The fraction of sp³-hybridized carbons (Fsp3) is 0. The van der Waals surface area contributed by atoms with Crippen molar-refractivity contribution in [3.05, 3.63) is 45.9 Å². The van der Waals surface area contributed by atoms with E-state index in [1.807, 2.05) is 24.3 Å². The van der Waals surface area contributed by atoms with E-state index in [9.17, 15) is 4.79 Å². The van der Waals surface area contributed by atoms with E-state index < -0.39 is 5.97 Å². The molecular weight excluding hydrogens is 302 g/mol. The first-order chi connectivity index (χ1) is 8.15. The molecule has 5 heteroatoms. The third kappa shape index (κ3) is 3.25. The first-order valence-corrected chi connectivity index (χ1v) is 6.39. The number of aliphatic carboxylic acids is 1. The number of carbonyl (C=O) groups is 1. The van der Waals surface area contributed by atoms with Gasteiger partial charge in [0, 0.05) is 27.2 Å². The van der Waals surface area contributed by atoms with Gasteiger partial charge in [0.15, 0.2) is 0 Å². The Morgan fingerprint density at radius 2 is 2.06 bits per heavy atom. The molecule has 0 saturated carbocycles. The lowest BCUT2D eigenvalue weighted by Crippen LogP contribution is -1.84. The maximum absolute atomic E-state index is 10.4. The Balaban J connectivity index is 2.23. The molecule has 0 saturated heterocycles. The molecule has 0 amide bonds. The molecule has 2 rings (SSSR count). The van der Waals surface area contributed by atoms with Crippen molar-refractivity contribution in [1.29, 1.82) is 0 Å². The molecule has 0 spiro atoms. The highest BCUT2D eigenvalue weighted by molar-refractivity contribution is 9.10. The summed E-state index contributed by atoms with van der Waals surface area (Å²) >= 11 is 4.83. The Morgan fingerprint density at radius 3 is 2.71 bits per heavy atom. The minimum Gasteiger partial charge on any atom is -0.478 e. The summed E-state index contributed by atoms with van der Waals surface area (Å²) in [5.74, 6) is -0.955. The molecule has 17 heavy (non-hydrogen) atoms. The summed E-state index contributed by atoms with van der Waals surface area (Å²) in [6.07, 6.45) is 4.32. The van der Waals surface area contributed by atoms with Crippen LogP contribution in [0.2, 0.25) is 0 Å². The molecule has 1 heterocycles. The van der Waals surface area contributed by atoms with Crippen LogP contribution < -0.4 is 0 Å². The number of hydrogen-bond donors (Lipinski definition) is 1. The molecular formula is C12H8BrNO2S. The second-order valence-corrected chi connectivity index (χ2v) is 5.22. The zero-order valence-corrected chi connectivity index (χ0v) is 11.0. The molecule has 0 aliphatic carbocycles. The van der Waals surface area contributed by atoms with Gasteiger partial charge in [-0.25, -0.2) is 9.78 Å². The van der Waals surface area contributed by atoms with Crippen LogP contribution in [0.5, 0.6) is 0 Å². The highest BCUT2D eigenvalue weighted by Gasteiger charge is 2.03. The normalized spacial score (nSPS) is 10.9. The van der Waals surface area contributed by atoms with Crippen LogP contribution in [-0.4, -0.2) is 16.1 Å². The van der Waals surface area contributed by atoms with E-state index in [1.165, 1.54) is 11.3 Å². The van der Waals surface area contributed by atoms with Gasteiger partial charge in [-0.05, 0) is 18.2 Å².